The number of hydrogen-bond acceptors (Lipinski definition) is 5. The standard InChI is InChI=1S/C7H9NO4S2/c1-14(11,12)4-6-8-3-5(13-6)2-7(9)10/h3H,2,4H2,1H3,(H,9,10). The molecule has 0 spiro atoms. The third-order valence-electron chi connectivity index (χ3n) is 1.31. The third kappa shape index (κ3) is 3.84. The van der Waals surface area contributed by atoms with Crippen molar-refractivity contribution in [2.45, 2.75) is 12.2 Å². The van der Waals surface area contributed by atoms with Gasteiger partial charge in [0.25, 0.3) is 0 Å². The van der Waals surface area contributed by atoms with Crippen molar-refractivity contribution < 1.29 is 18.3 Å². The van der Waals surface area contributed by atoms with Crippen LogP contribution < -0.4 is 0 Å². The molecule has 1 aromatic heterocycles. The average molecular weight is 235 g/mol. The number of carboxylic acids is 1. The molecule has 0 saturated heterocycles. The number of carbonyl (C=O) groups is 1. The number of thiazole rings is 1. The minimum absolute atomic E-state index is 0.110. The van der Waals surface area contributed by atoms with E-state index in [0.29, 0.717) is 9.88 Å². The van der Waals surface area contributed by atoms with E-state index in [2.05, 4.69) is 4.98 Å². The first-order valence-electron chi connectivity index (χ1n) is 3.70. The van der Waals surface area contributed by atoms with Crippen LogP contribution in [0.1, 0.15) is 9.88 Å². The minimum atomic E-state index is -3.09. The maximum absolute atomic E-state index is 10.9. The minimum Gasteiger partial charge on any atom is -0.481 e. The molecule has 0 atom stereocenters. The van der Waals surface area contributed by atoms with Crippen molar-refractivity contribution in [1.82, 2.24) is 4.98 Å². The molecule has 0 saturated carbocycles. The van der Waals surface area contributed by atoms with Gasteiger partial charge in [0.2, 0.25) is 0 Å². The van der Waals surface area contributed by atoms with Crippen LogP contribution in [0.25, 0.3) is 0 Å². The van der Waals surface area contributed by atoms with Crippen LogP contribution in [0, 0.1) is 0 Å². The zero-order valence-electron chi connectivity index (χ0n) is 7.43. The monoisotopic (exact) mass is 235 g/mol. The maximum Gasteiger partial charge on any atom is 0.308 e. The van der Waals surface area contributed by atoms with Gasteiger partial charge in [0.1, 0.15) is 10.8 Å². The summed E-state index contributed by atoms with van der Waals surface area (Å²) in [6.07, 6.45) is 2.41. The number of rotatable bonds is 4. The predicted molar refractivity (Wildman–Crippen MR) is 52.0 cm³/mol. The van der Waals surface area contributed by atoms with E-state index in [-0.39, 0.29) is 12.2 Å². The highest BCUT2D eigenvalue weighted by Gasteiger charge is 2.10. The van der Waals surface area contributed by atoms with E-state index >= 15 is 0 Å². The van der Waals surface area contributed by atoms with Gasteiger partial charge in [-0.3, -0.25) is 4.79 Å². The van der Waals surface area contributed by atoms with E-state index < -0.39 is 15.8 Å². The Morgan fingerprint density at radius 2 is 2.29 bits per heavy atom. The largest absolute Gasteiger partial charge is 0.481 e. The second kappa shape index (κ2) is 4.05. The first kappa shape index (κ1) is 11.1. The lowest BCUT2D eigenvalue weighted by atomic mass is 10.4. The van der Waals surface area contributed by atoms with Crippen molar-refractivity contribution in [2.24, 2.45) is 0 Å². The third-order valence-corrected chi connectivity index (χ3v) is 3.29. The van der Waals surface area contributed by atoms with Crippen molar-refractivity contribution in [1.29, 1.82) is 0 Å². The molecule has 0 radical (unpaired) electrons. The second-order valence-electron chi connectivity index (χ2n) is 2.86. The second-order valence-corrected chi connectivity index (χ2v) is 6.20. The van der Waals surface area contributed by atoms with Crippen LogP contribution in [0.4, 0.5) is 0 Å². The Balaban J connectivity index is 2.74. The van der Waals surface area contributed by atoms with E-state index in [9.17, 15) is 13.2 Å². The molecule has 0 fully saturated rings. The van der Waals surface area contributed by atoms with Crippen molar-refractivity contribution in [3.63, 3.8) is 0 Å². The quantitative estimate of drug-likeness (QED) is 0.812. The number of hydrogen-bond donors (Lipinski definition) is 1. The Hall–Kier alpha value is -0.950. The molecule has 1 N–H and O–H groups in total. The first-order valence-corrected chi connectivity index (χ1v) is 6.57. The van der Waals surface area contributed by atoms with Crippen molar-refractivity contribution in [2.75, 3.05) is 6.26 Å². The summed E-state index contributed by atoms with van der Waals surface area (Å²) in [5.41, 5.74) is 0. The van der Waals surface area contributed by atoms with Crippen molar-refractivity contribution in [3.05, 3.63) is 16.1 Å². The van der Waals surface area contributed by atoms with Gasteiger partial charge in [-0.2, -0.15) is 0 Å². The molecular formula is C7H9NO4S2. The van der Waals surface area contributed by atoms with Crippen LogP contribution in [0.15, 0.2) is 6.20 Å². The summed E-state index contributed by atoms with van der Waals surface area (Å²) < 4.78 is 21.8. The Morgan fingerprint density at radius 1 is 1.64 bits per heavy atom. The van der Waals surface area contributed by atoms with Gasteiger partial charge in [0.15, 0.2) is 9.84 Å². The molecule has 0 amide bonds. The Kier molecular flexibility index (Phi) is 3.22. The molecule has 1 rings (SSSR count). The van der Waals surface area contributed by atoms with E-state index in [4.69, 9.17) is 5.11 Å². The molecule has 0 unspecified atom stereocenters. The fourth-order valence-electron chi connectivity index (χ4n) is 0.870. The van der Waals surface area contributed by atoms with Gasteiger partial charge < -0.3 is 5.11 Å². The van der Waals surface area contributed by atoms with Crippen LogP contribution in [-0.2, 0) is 26.8 Å². The highest BCUT2D eigenvalue weighted by Crippen LogP contribution is 2.15. The van der Waals surface area contributed by atoms with Gasteiger partial charge >= 0.3 is 5.97 Å². The molecule has 1 aromatic rings. The lowest BCUT2D eigenvalue weighted by molar-refractivity contribution is -0.136. The summed E-state index contributed by atoms with van der Waals surface area (Å²) in [5.74, 6) is -1.07. The van der Waals surface area contributed by atoms with Crippen LogP contribution in [-0.4, -0.2) is 30.7 Å². The Bertz CT molecular complexity index is 434. The molecule has 7 heteroatoms. The SMILES string of the molecule is CS(=O)(=O)Cc1ncc(CC(=O)O)s1. The van der Waals surface area contributed by atoms with E-state index in [1.807, 2.05) is 0 Å². The normalized spacial score (nSPS) is 11.5. The van der Waals surface area contributed by atoms with Crippen LogP contribution in [0.2, 0.25) is 0 Å². The zero-order chi connectivity index (χ0) is 10.8. The first-order chi connectivity index (χ1) is 6.37. The summed E-state index contributed by atoms with van der Waals surface area (Å²) >= 11 is 1.12. The van der Waals surface area contributed by atoms with Crippen molar-refractivity contribution in [3.8, 4) is 0 Å². The number of nitrogens with zero attached hydrogens (tertiary/aromatic N) is 1. The summed E-state index contributed by atoms with van der Waals surface area (Å²) in [4.78, 5) is 14.7. The molecule has 0 bridgehead atoms. The molecule has 14 heavy (non-hydrogen) atoms. The maximum atomic E-state index is 10.9. The van der Waals surface area contributed by atoms with Crippen LogP contribution in [0.5, 0.6) is 0 Å². The van der Waals surface area contributed by atoms with Gasteiger partial charge in [0, 0.05) is 17.3 Å². The van der Waals surface area contributed by atoms with Gasteiger partial charge in [-0.25, -0.2) is 13.4 Å². The van der Waals surface area contributed by atoms with Crippen LogP contribution in [0.3, 0.4) is 0 Å². The van der Waals surface area contributed by atoms with Gasteiger partial charge in [-0.1, -0.05) is 0 Å². The molecule has 0 aliphatic rings. The Morgan fingerprint density at radius 3 is 2.79 bits per heavy atom. The fraction of sp³-hybridized carbons (Fsp3) is 0.429. The number of aromatic nitrogens is 1. The van der Waals surface area contributed by atoms with Gasteiger partial charge in [-0.05, 0) is 0 Å². The molecule has 0 aliphatic carbocycles. The summed E-state index contributed by atoms with van der Waals surface area (Å²) in [6, 6.07) is 0. The molecule has 5 nitrogen and oxygen atoms in total. The predicted octanol–water partition coefficient (Wildman–Crippen LogP) is 0.315. The average Bonchev–Trinajstić information content (AvgIpc) is 2.30. The van der Waals surface area contributed by atoms with E-state index in [1.54, 1.807) is 0 Å². The summed E-state index contributed by atoms with van der Waals surface area (Å²) in [7, 11) is -3.09. The van der Waals surface area contributed by atoms with Crippen LogP contribution >= 0.6 is 11.3 Å². The topological polar surface area (TPSA) is 84.3 Å². The highest BCUT2D eigenvalue weighted by atomic mass is 32.2. The van der Waals surface area contributed by atoms with Crippen molar-refractivity contribution >= 4 is 27.1 Å². The molecule has 1 heterocycles. The number of aliphatic carboxylic acids is 1. The van der Waals surface area contributed by atoms with E-state index in [1.165, 1.54) is 6.20 Å². The van der Waals surface area contributed by atoms with E-state index in [0.717, 1.165) is 17.6 Å². The lowest BCUT2D eigenvalue weighted by Gasteiger charge is -1.91. The lowest BCUT2D eigenvalue weighted by Crippen LogP contribution is -1.99. The summed E-state index contributed by atoms with van der Waals surface area (Å²) in [6.45, 7) is 0. The molecular weight excluding hydrogens is 226 g/mol. The van der Waals surface area contributed by atoms with Gasteiger partial charge in [0.05, 0.1) is 6.42 Å². The number of sulfone groups is 1. The number of carboxylic acid groups (broad SMARTS) is 1. The molecule has 78 valence electrons. The Labute approximate surface area is 85.3 Å². The smallest absolute Gasteiger partial charge is 0.308 e. The highest BCUT2D eigenvalue weighted by molar-refractivity contribution is 7.90. The zero-order valence-corrected chi connectivity index (χ0v) is 9.06. The molecule has 0 aliphatic heterocycles. The molecule has 0 aromatic carbocycles. The summed E-state index contributed by atoms with van der Waals surface area (Å²) in [5, 5.41) is 8.90. The van der Waals surface area contributed by atoms with Gasteiger partial charge in [-0.15, -0.1) is 11.3 Å². The fourth-order valence-corrected chi connectivity index (χ4v) is 2.98.